The van der Waals surface area contributed by atoms with Gasteiger partial charge in [-0.15, -0.1) is 0 Å². The molecule has 1 N–H and O–H groups in total. The Kier molecular flexibility index (Phi) is 2.78. The normalized spacial score (nSPS) is 18.1. The molecule has 0 spiro atoms. The third kappa shape index (κ3) is 2.04. The van der Waals surface area contributed by atoms with Gasteiger partial charge in [-0.3, -0.25) is 0 Å². The zero-order valence-electron chi connectivity index (χ0n) is 9.06. The Balaban J connectivity index is 2.16. The summed E-state index contributed by atoms with van der Waals surface area (Å²) in [5, 5.41) is 9.88. The van der Waals surface area contributed by atoms with E-state index in [0.29, 0.717) is 0 Å². The van der Waals surface area contributed by atoms with Crippen molar-refractivity contribution in [3.8, 4) is 0 Å². The van der Waals surface area contributed by atoms with Gasteiger partial charge in [-0.2, -0.15) is 0 Å². The fraction of sp³-hybridized carbons (Fsp3) is 0.500. The summed E-state index contributed by atoms with van der Waals surface area (Å²) in [7, 11) is 3.22. The molecule has 3 heteroatoms. The molecular weight excluding hydrogens is 192 g/mol. The van der Waals surface area contributed by atoms with E-state index in [2.05, 4.69) is 0 Å². The zero-order chi connectivity index (χ0) is 10.9. The van der Waals surface area contributed by atoms with Crippen LogP contribution in [0.2, 0.25) is 0 Å². The summed E-state index contributed by atoms with van der Waals surface area (Å²) in [5.41, 5.74) is 1.39. The maximum absolute atomic E-state index is 9.88. The van der Waals surface area contributed by atoms with Crippen molar-refractivity contribution < 1.29 is 14.6 Å². The Hall–Kier alpha value is -0.900. The molecule has 2 rings (SSSR count). The average molecular weight is 208 g/mol. The van der Waals surface area contributed by atoms with Crippen LogP contribution in [0, 0.1) is 0 Å². The van der Waals surface area contributed by atoms with E-state index in [1.807, 2.05) is 24.3 Å². The summed E-state index contributed by atoms with van der Waals surface area (Å²) in [5.74, 6) is 0. The lowest BCUT2D eigenvalue weighted by molar-refractivity contribution is -0.106. The van der Waals surface area contributed by atoms with E-state index in [9.17, 15) is 5.11 Å². The summed E-state index contributed by atoms with van der Waals surface area (Å²) >= 11 is 0. The van der Waals surface area contributed by atoms with E-state index in [1.165, 1.54) is 0 Å². The molecule has 0 aliphatic heterocycles. The maximum Gasteiger partial charge on any atom is 0.183 e. The van der Waals surface area contributed by atoms with Gasteiger partial charge in [-0.1, -0.05) is 24.3 Å². The lowest BCUT2D eigenvalue weighted by Gasteiger charge is -2.15. The van der Waals surface area contributed by atoms with Crippen molar-refractivity contribution in [3.05, 3.63) is 35.4 Å². The molecule has 1 fully saturated rings. The van der Waals surface area contributed by atoms with Gasteiger partial charge < -0.3 is 14.6 Å². The molecule has 1 aliphatic carbocycles. The van der Waals surface area contributed by atoms with Crippen molar-refractivity contribution in [1.29, 1.82) is 0 Å². The molecular formula is C12H16O3. The van der Waals surface area contributed by atoms with Gasteiger partial charge in [-0.05, 0) is 18.4 Å². The fourth-order valence-electron chi connectivity index (χ4n) is 1.73. The van der Waals surface area contributed by atoms with Gasteiger partial charge in [0.25, 0.3) is 0 Å². The highest BCUT2D eigenvalue weighted by atomic mass is 16.7. The van der Waals surface area contributed by atoms with Crippen LogP contribution in [-0.4, -0.2) is 19.3 Å². The molecule has 0 saturated heterocycles. The quantitative estimate of drug-likeness (QED) is 0.769. The van der Waals surface area contributed by atoms with E-state index in [0.717, 1.165) is 24.0 Å². The van der Waals surface area contributed by atoms with Crippen LogP contribution >= 0.6 is 0 Å². The Morgan fingerprint density at radius 2 is 1.67 bits per heavy atom. The van der Waals surface area contributed by atoms with Crippen molar-refractivity contribution in [1.82, 2.24) is 0 Å². The number of hydrogen-bond acceptors (Lipinski definition) is 3. The van der Waals surface area contributed by atoms with Gasteiger partial charge in [0.05, 0.1) is 5.60 Å². The SMILES string of the molecule is COC(OC)c1ccc(C2(O)CC2)cc1. The maximum atomic E-state index is 9.88. The second-order valence-corrected chi connectivity index (χ2v) is 3.96. The molecule has 82 valence electrons. The van der Waals surface area contributed by atoms with Gasteiger partial charge in [0.2, 0.25) is 0 Å². The first-order valence-corrected chi connectivity index (χ1v) is 5.08. The Morgan fingerprint density at radius 1 is 1.13 bits per heavy atom. The zero-order valence-corrected chi connectivity index (χ0v) is 9.06. The summed E-state index contributed by atoms with van der Waals surface area (Å²) in [6, 6.07) is 7.74. The molecule has 0 bridgehead atoms. The van der Waals surface area contributed by atoms with Gasteiger partial charge in [0, 0.05) is 19.8 Å². The third-order valence-electron chi connectivity index (χ3n) is 2.87. The molecule has 0 unspecified atom stereocenters. The number of methoxy groups -OCH3 is 2. The summed E-state index contributed by atoms with van der Waals surface area (Å²) in [6.45, 7) is 0. The summed E-state index contributed by atoms with van der Waals surface area (Å²) in [4.78, 5) is 0. The van der Waals surface area contributed by atoms with Crippen molar-refractivity contribution in [2.75, 3.05) is 14.2 Å². The van der Waals surface area contributed by atoms with Crippen LogP contribution in [0.3, 0.4) is 0 Å². The van der Waals surface area contributed by atoms with E-state index in [1.54, 1.807) is 14.2 Å². The van der Waals surface area contributed by atoms with Crippen LogP contribution in [0.5, 0.6) is 0 Å². The second-order valence-electron chi connectivity index (χ2n) is 3.96. The Morgan fingerprint density at radius 3 is 2.07 bits per heavy atom. The molecule has 0 atom stereocenters. The minimum Gasteiger partial charge on any atom is -0.385 e. The number of ether oxygens (including phenoxy) is 2. The van der Waals surface area contributed by atoms with Crippen LogP contribution in [0.15, 0.2) is 24.3 Å². The number of hydrogen-bond donors (Lipinski definition) is 1. The van der Waals surface area contributed by atoms with Crippen LogP contribution in [-0.2, 0) is 15.1 Å². The molecule has 1 aliphatic rings. The standard InChI is InChI=1S/C12H16O3/c1-14-11(15-2)9-3-5-10(6-4-9)12(13)7-8-12/h3-6,11,13H,7-8H2,1-2H3. The van der Waals surface area contributed by atoms with E-state index in [4.69, 9.17) is 9.47 Å². The predicted octanol–water partition coefficient (Wildman–Crippen LogP) is 1.96. The average Bonchev–Trinajstić information content (AvgIpc) is 3.01. The highest BCUT2D eigenvalue weighted by molar-refractivity contribution is 5.31. The predicted molar refractivity (Wildman–Crippen MR) is 56.3 cm³/mol. The Labute approximate surface area is 89.6 Å². The van der Waals surface area contributed by atoms with Crippen molar-refractivity contribution in [3.63, 3.8) is 0 Å². The first-order chi connectivity index (χ1) is 7.19. The lowest BCUT2D eigenvalue weighted by Crippen LogP contribution is -2.06. The summed E-state index contributed by atoms with van der Waals surface area (Å²) < 4.78 is 10.3. The number of benzene rings is 1. The third-order valence-corrected chi connectivity index (χ3v) is 2.87. The molecule has 0 aromatic heterocycles. The molecule has 1 aromatic carbocycles. The molecule has 0 radical (unpaired) electrons. The van der Waals surface area contributed by atoms with Crippen LogP contribution in [0.1, 0.15) is 30.3 Å². The molecule has 15 heavy (non-hydrogen) atoms. The summed E-state index contributed by atoms with van der Waals surface area (Å²) in [6.07, 6.45) is 1.40. The minimum atomic E-state index is -0.561. The highest BCUT2D eigenvalue weighted by Gasteiger charge is 2.41. The number of aliphatic hydroxyl groups is 1. The minimum absolute atomic E-state index is 0.326. The van der Waals surface area contributed by atoms with Gasteiger partial charge in [0.1, 0.15) is 0 Å². The molecule has 3 nitrogen and oxygen atoms in total. The molecule has 0 heterocycles. The van der Waals surface area contributed by atoms with Crippen molar-refractivity contribution >= 4 is 0 Å². The van der Waals surface area contributed by atoms with E-state index < -0.39 is 5.60 Å². The topological polar surface area (TPSA) is 38.7 Å². The largest absolute Gasteiger partial charge is 0.385 e. The van der Waals surface area contributed by atoms with Crippen molar-refractivity contribution in [2.24, 2.45) is 0 Å². The van der Waals surface area contributed by atoms with Gasteiger partial charge in [-0.25, -0.2) is 0 Å². The van der Waals surface area contributed by atoms with E-state index >= 15 is 0 Å². The van der Waals surface area contributed by atoms with Crippen LogP contribution < -0.4 is 0 Å². The molecule has 1 saturated carbocycles. The Bertz CT molecular complexity index is 323. The van der Waals surface area contributed by atoms with Gasteiger partial charge >= 0.3 is 0 Å². The number of rotatable bonds is 4. The lowest BCUT2D eigenvalue weighted by atomic mass is 10.1. The highest BCUT2D eigenvalue weighted by Crippen LogP contribution is 2.45. The smallest absolute Gasteiger partial charge is 0.183 e. The van der Waals surface area contributed by atoms with E-state index in [-0.39, 0.29) is 6.29 Å². The van der Waals surface area contributed by atoms with Crippen LogP contribution in [0.4, 0.5) is 0 Å². The first-order valence-electron chi connectivity index (χ1n) is 5.08. The van der Waals surface area contributed by atoms with Gasteiger partial charge in [0.15, 0.2) is 6.29 Å². The first kappa shape index (κ1) is 10.6. The molecule has 1 aromatic rings. The van der Waals surface area contributed by atoms with Crippen LogP contribution in [0.25, 0.3) is 0 Å². The van der Waals surface area contributed by atoms with Crippen molar-refractivity contribution in [2.45, 2.75) is 24.7 Å². The monoisotopic (exact) mass is 208 g/mol. The second kappa shape index (κ2) is 3.93. The molecule has 0 amide bonds. The fourth-order valence-corrected chi connectivity index (χ4v) is 1.73.